The smallest absolute Gasteiger partial charge is 0.390 e. The van der Waals surface area contributed by atoms with Crippen LogP contribution in [0.2, 0.25) is 6.04 Å². The fourth-order valence-electron chi connectivity index (χ4n) is 2.19. The topological polar surface area (TPSA) is 38.7 Å². The maximum absolute atomic E-state index is 10.5. The minimum Gasteiger partial charge on any atom is -0.390 e. The summed E-state index contributed by atoms with van der Waals surface area (Å²) in [6.45, 7) is 10.0. The zero-order valence-electron chi connectivity index (χ0n) is 13.6. The highest BCUT2D eigenvalue weighted by Crippen LogP contribution is 2.19. The molecule has 3 nitrogen and oxygen atoms in total. The van der Waals surface area contributed by atoms with Gasteiger partial charge in [0.15, 0.2) is 0 Å². The third kappa shape index (κ3) is 11.6. The van der Waals surface area contributed by atoms with E-state index in [9.17, 15) is 4.80 Å². The molecule has 0 aliphatic heterocycles. The molecule has 0 aliphatic carbocycles. The highest BCUT2D eigenvalue weighted by molar-refractivity contribution is 6.59. The van der Waals surface area contributed by atoms with Gasteiger partial charge in [0, 0.05) is 18.3 Å². The molecule has 0 saturated carbocycles. The van der Waals surface area contributed by atoms with Crippen molar-refractivity contribution in [2.24, 2.45) is 0 Å². The minimum absolute atomic E-state index is 0.0278. The Balaban J connectivity index is 3.86. The lowest BCUT2D eigenvalue weighted by molar-refractivity contribution is 0.0472. The van der Waals surface area contributed by atoms with Gasteiger partial charge in [-0.05, 0) is 34.1 Å². The molecule has 0 rings (SSSR count). The van der Waals surface area contributed by atoms with E-state index in [1.165, 1.54) is 38.5 Å². The van der Waals surface area contributed by atoms with Gasteiger partial charge < -0.3 is 13.6 Å². The summed E-state index contributed by atoms with van der Waals surface area (Å²) >= 11 is 0. The Labute approximate surface area is 121 Å². The Morgan fingerprint density at radius 2 is 1.21 bits per heavy atom. The van der Waals surface area contributed by atoms with Gasteiger partial charge in [-0.15, -0.1) is 0 Å². The van der Waals surface area contributed by atoms with Crippen molar-refractivity contribution in [1.82, 2.24) is 0 Å². The van der Waals surface area contributed by atoms with Crippen LogP contribution in [0.1, 0.15) is 79.6 Å². The monoisotopic (exact) mass is 290 g/mol. The molecule has 0 fully saturated rings. The van der Waals surface area contributed by atoms with Crippen LogP contribution in [-0.2, 0) is 8.85 Å². The molecule has 0 aromatic heterocycles. The highest BCUT2D eigenvalue weighted by Gasteiger charge is 2.38. The van der Waals surface area contributed by atoms with Gasteiger partial charge in [0.1, 0.15) is 0 Å². The van der Waals surface area contributed by atoms with E-state index < -0.39 is 8.80 Å². The van der Waals surface area contributed by atoms with Gasteiger partial charge in [0.2, 0.25) is 0 Å². The Bertz CT molecular complexity index is 198. The first-order valence-corrected chi connectivity index (χ1v) is 9.94. The van der Waals surface area contributed by atoms with Crippen LogP contribution in [0.4, 0.5) is 0 Å². The van der Waals surface area contributed by atoms with Crippen LogP contribution in [0.25, 0.3) is 0 Å². The van der Waals surface area contributed by atoms with E-state index in [0.29, 0.717) is 6.04 Å². The maximum atomic E-state index is 10.5. The van der Waals surface area contributed by atoms with E-state index in [2.05, 4.69) is 6.92 Å². The van der Waals surface area contributed by atoms with E-state index in [-0.39, 0.29) is 12.2 Å². The number of rotatable bonds is 12. The van der Waals surface area contributed by atoms with Crippen LogP contribution < -0.4 is 0 Å². The first kappa shape index (κ1) is 19.1. The third-order valence-corrected chi connectivity index (χ3v) is 5.60. The molecular weight excluding hydrogens is 256 g/mol. The van der Waals surface area contributed by atoms with Crippen molar-refractivity contribution in [3.05, 3.63) is 0 Å². The molecule has 0 saturated heterocycles. The molecular formula is C15H34O3Si. The molecule has 0 radical (unpaired) electrons. The predicted molar refractivity (Wildman–Crippen MR) is 83.2 cm³/mol. The van der Waals surface area contributed by atoms with Crippen LogP contribution in [0.5, 0.6) is 0 Å². The largest absolute Gasteiger partial charge is 0.498 e. The zero-order valence-corrected chi connectivity index (χ0v) is 14.6. The second kappa shape index (κ2) is 10.8. The summed E-state index contributed by atoms with van der Waals surface area (Å²) in [4.78, 5) is 10.5. The van der Waals surface area contributed by atoms with Crippen LogP contribution in [0.15, 0.2) is 0 Å². The van der Waals surface area contributed by atoms with Crippen molar-refractivity contribution in [1.29, 1.82) is 0 Å². The summed E-state index contributed by atoms with van der Waals surface area (Å²) in [6.07, 6.45) is 8.76. The zero-order chi connectivity index (χ0) is 14.7. The van der Waals surface area contributed by atoms with Crippen LogP contribution in [-0.4, -0.2) is 25.8 Å². The lowest BCUT2D eigenvalue weighted by Gasteiger charge is -2.28. The first-order chi connectivity index (χ1) is 8.89. The molecule has 0 bridgehead atoms. The van der Waals surface area contributed by atoms with E-state index in [4.69, 9.17) is 8.85 Å². The Kier molecular flexibility index (Phi) is 10.9. The average Bonchev–Trinajstić information content (AvgIpc) is 2.25. The van der Waals surface area contributed by atoms with Crippen LogP contribution in [0.3, 0.4) is 0 Å². The second-order valence-electron chi connectivity index (χ2n) is 5.92. The summed E-state index contributed by atoms with van der Waals surface area (Å²) in [5, 5.41) is 0. The predicted octanol–water partition coefficient (Wildman–Crippen LogP) is 4.52. The third-order valence-electron chi connectivity index (χ3n) is 2.94. The van der Waals surface area contributed by atoms with Gasteiger partial charge >= 0.3 is 8.80 Å². The van der Waals surface area contributed by atoms with Crippen molar-refractivity contribution in [3.8, 4) is 0 Å². The maximum Gasteiger partial charge on any atom is 0.498 e. The SMILES string of the molecule is CCCCCCCCC[Si](O)(OC(C)C)OC(C)C. The van der Waals surface area contributed by atoms with Crippen molar-refractivity contribution in [2.45, 2.75) is 97.8 Å². The second-order valence-corrected chi connectivity index (χ2v) is 8.31. The molecule has 19 heavy (non-hydrogen) atoms. The van der Waals surface area contributed by atoms with Gasteiger partial charge in [-0.25, -0.2) is 0 Å². The Morgan fingerprint density at radius 1 is 0.789 bits per heavy atom. The highest BCUT2D eigenvalue weighted by atomic mass is 28.4. The summed E-state index contributed by atoms with van der Waals surface area (Å²) in [5.74, 6) is 0. The minimum atomic E-state index is -2.95. The van der Waals surface area contributed by atoms with Crippen LogP contribution in [0, 0.1) is 0 Å². The van der Waals surface area contributed by atoms with Gasteiger partial charge in [0.25, 0.3) is 0 Å². The molecule has 0 atom stereocenters. The molecule has 4 heteroatoms. The molecule has 0 aromatic rings. The lowest BCUT2D eigenvalue weighted by atomic mass is 10.1. The van der Waals surface area contributed by atoms with Gasteiger partial charge in [-0.3, -0.25) is 0 Å². The number of hydrogen-bond acceptors (Lipinski definition) is 3. The molecule has 0 unspecified atom stereocenters. The molecule has 0 amide bonds. The molecule has 0 heterocycles. The van der Waals surface area contributed by atoms with E-state index in [0.717, 1.165) is 6.42 Å². The normalized spacial score (nSPS) is 12.6. The summed E-state index contributed by atoms with van der Waals surface area (Å²) in [5.41, 5.74) is 0. The number of unbranched alkanes of at least 4 members (excludes halogenated alkanes) is 6. The fraction of sp³-hybridized carbons (Fsp3) is 1.00. The summed E-state index contributed by atoms with van der Waals surface area (Å²) < 4.78 is 11.3. The molecule has 1 N–H and O–H groups in total. The average molecular weight is 291 g/mol. The van der Waals surface area contributed by atoms with Gasteiger partial charge in [0.05, 0.1) is 0 Å². The first-order valence-electron chi connectivity index (χ1n) is 7.97. The molecule has 0 aromatic carbocycles. The van der Waals surface area contributed by atoms with E-state index in [1.54, 1.807) is 0 Å². The van der Waals surface area contributed by atoms with Crippen molar-refractivity contribution >= 4 is 8.80 Å². The van der Waals surface area contributed by atoms with Crippen molar-refractivity contribution in [3.63, 3.8) is 0 Å². The lowest BCUT2D eigenvalue weighted by Crippen LogP contribution is -2.46. The van der Waals surface area contributed by atoms with Gasteiger partial charge in [-0.2, -0.15) is 0 Å². The quantitative estimate of drug-likeness (QED) is 0.424. The van der Waals surface area contributed by atoms with Crippen LogP contribution >= 0.6 is 0 Å². The standard InChI is InChI=1S/C15H34O3Si/c1-6-7-8-9-10-11-12-13-19(16,17-14(2)3)18-15(4)5/h14-16H,6-13H2,1-5H3. The molecule has 0 spiro atoms. The van der Waals surface area contributed by atoms with Crippen molar-refractivity contribution in [2.75, 3.05) is 0 Å². The Morgan fingerprint density at radius 3 is 1.63 bits per heavy atom. The summed E-state index contributed by atoms with van der Waals surface area (Å²) in [7, 11) is -2.95. The Hall–Kier alpha value is 0.0969. The van der Waals surface area contributed by atoms with Crippen molar-refractivity contribution < 1.29 is 13.6 Å². The molecule has 116 valence electrons. The summed E-state index contributed by atoms with van der Waals surface area (Å²) in [6, 6.07) is 0.692. The fourth-order valence-corrected chi connectivity index (χ4v) is 4.65. The van der Waals surface area contributed by atoms with E-state index in [1.807, 2.05) is 27.7 Å². The molecule has 0 aliphatic rings. The van der Waals surface area contributed by atoms with Gasteiger partial charge in [-0.1, -0.05) is 45.4 Å². The van der Waals surface area contributed by atoms with E-state index >= 15 is 0 Å². The number of hydrogen-bond donors (Lipinski definition) is 1.